The first kappa shape index (κ1) is 13.6. The minimum atomic E-state index is -0.672. The van der Waals surface area contributed by atoms with E-state index in [-0.39, 0.29) is 0 Å². The molecule has 0 saturated heterocycles. The summed E-state index contributed by atoms with van der Waals surface area (Å²) in [7, 11) is 4.60. The Morgan fingerprint density at radius 1 is 1.12 bits per heavy atom. The fourth-order valence-electron chi connectivity index (χ4n) is 1.70. The number of benzene rings is 1. The van der Waals surface area contributed by atoms with Gasteiger partial charge in [-0.05, 0) is 25.1 Å². The van der Waals surface area contributed by atoms with Crippen LogP contribution in [-0.4, -0.2) is 33.0 Å². The van der Waals surface area contributed by atoms with Crippen molar-refractivity contribution in [2.75, 3.05) is 27.9 Å². The number of ether oxygens (including phenoxy) is 3. The highest BCUT2D eigenvalue weighted by Crippen LogP contribution is 2.42. The third-order valence-electron chi connectivity index (χ3n) is 2.53. The van der Waals surface area contributed by atoms with Gasteiger partial charge in [0.25, 0.3) is 0 Å². The second-order valence-corrected chi connectivity index (χ2v) is 3.52. The number of nitrogens with two attached hydrogens (primary N) is 1. The predicted octanol–water partition coefficient (Wildman–Crippen LogP) is 1.09. The van der Waals surface area contributed by atoms with Crippen molar-refractivity contribution in [3.63, 3.8) is 0 Å². The molecule has 0 amide bonds. The molecule has 0 radical (unpaired) electrons. The van der Waals surface area contributed by atoms with Crippen molar-refractivity contribution in [1.29, 1.82) is 0 Å². The number of aliphatic hydroxyl groups is 1. The number of aliphatic hydroxyl groups excluding tert-OH is 1. The molecule has 1 atom stereocenters. The Balaban J connectivity index is 3.22. The zero-order valence-corrected chi connectivity index (χ0v) is 10.4. The van der Waals surface area contributed by atoms with Gasteiger partial charge in [0.2, 0.25) is 5.75 Å². The van der Waals surface area contributed by atoms with E-state index in [0.29, 0.717) is 35.8 Å². The highest BCUT2D eigenvalue weighted by molar-refractivity contribution is 5.56. The van der Waals surface area contributed by atoms with Crippen molar-refractivity contribution in [1.82, 2.24) is 0 Å². The van der Waals surface area contributed by atoms with Gasteiger partial charge in [-0.2, -0.15) is 0 Å². The second-order valence-electron chi connectivity index (χ2n) is 3.52. The van der Waals surface area contributed by atoms with E-state index in [1.54, 1.807) is 19.2 Å². The van der Waals surface area contributed by atoms with Crippen LogP contribution >= 0.6 is 0 Å². The predicted molar refractivity (Wildman–Crippen MR) is 64.7 cm³/mol. The van der Waals surface area contributed by atoms with E-state index in [1.807, 2.05) is 0 Å². The third-order valence-corrected chi connectivity index (χ3v) is 2.53. The summed E-state index contributed by atoms with van der Waals surface area (Å²) in [4.78, 5) is 0. The molecule has 17 heavy (non-hydrogen) atoms. The first-order chi connectivity index (χ1) is 8.19. The van der Waals surface area contributed by atoms with E-state index in [4.69, 9.17) is 19.9 Å². The highest BCUT2D eigenvalue weighted by Gasteiger charge is 2.20. The van der Waals surface area contributed by atoms with Gasteiger partial charge in [0, 0.05) is 5.56 Å². The third kappa shape index (κ3) is 2.81. The molecule has 0 fully saturated rings. The summed E-state index contributed by atoms with van der Waals surface area (Å²) in [5.74, 6) is 1.52. The van der Waals surface area contributed by atoms with Crippen LogP contribution in [0.3, 0.4) is 0 Å². The van der Waals surface area contributed by atoms with Crippen LogP contribution in [0.15, 0.2) is 12.1 Å². The van der Waals surface area contributed by atoms with Crippen LogP contribution in [-0.2, 0) is 0 Å². The molecule has 0 unspecified atom stereocenters. The molecule has 0 aliphatic rings. The molecule has 5 nitrogen and oxygen atoms in total. The summed E-state index contributed by atoms with van der Waals surface area (Å²) in [5, 5.41) is 9.96. The van der Waals surface area contributed by atoms with E-state index in [9.17, 15) is 5.11 Å². The maximum absolute atomic E-state index is 9.96. The van der Waals surface area contributed by atoms with E-state index >= 15 is 0 Å². The van der Waals surface area contributed by atoms with Crippen LogP contribution in [0.5, 0.6) is 17.2 Å². The Bertz CT molecular complexity index is 368. The normalized spacial score (nSPS) is 12.1. The van der Waals surface area contributed by atoms with Crippen LogP contribution in [0.4, 0.5) is 0 Å². The van der Waals surface area contributed by atoms with Gasteiger partial charge in [0.1, 0.15) is 0 Å². The molecule has 1 aromatic rings. The fourth-order valence-corrected chi connectivity index (χ4v) is 1.70. The lowest BCUT2D eigenvalue weighted by Crippen LogP contribution is -2.08. The molecule has 5 heteroatoms. The number of rotatable bonds is 6. The van der Waals surface area contributed by atoms with Crippen LogP contribution in [0.25, 0.3) is 0 Å². The summed E-state index contributed by atoms with van der Waals surface area (Å²) in [5.41, 5.74) is 6.08. The van der Waals surface area contributed by atoms with Gasteiger partial charge in [-0.3, -0.25) is 0 Å². The fraction of sp³-hybridized carbons (Fsp3) is 0.500. The summed E-state index contributed by atoms with van der Waals surface area (Å²) in [6, 6.07) is 3.48. The molecule has 0 aromatic heterocycles. The van der Waals surface area contributed by atoms with Crippen LogP contribution < -0.4 is 19.9 Å². The first-order valence-corrected chi connectivity index (χ1v) is 5.36. The van der Waals surface area contributed by atoms with Crippen LogP contribution in [0, 0.1) is 0 Å². The van der Waals surface area contributed by atoms with Crippen molar-refractivity contribution >= 4 is 0 Å². The van der Waals surface area contributed by atoms with Gasteiger partial charge in [-0.1, -0.05) is 0 Å². The highest BCUT2D eigenvalue weighted by atomic mass is 16.5. The molecule has 0 bridgehead atoms. The monoisotopic (exact) mass is 241 g/mol. The van der Waals surface area contributed by atoms with Crippen molar-refractivity contribution in [2.45, 2.75) is 12.5 Å². The van der Waals surface area contributed by atoms with Gasteiger partial charge in [-0.25, -0.2) is 0 Å². The van der Waals surface area contributed by atoms with Crippen LogP contribution in [0.2, 0.25) is 0 Å². The van der Waals surface area contributed by atoms with Gasteiger partial charge in [0.05, 0.1) is 27.4 Å². The zero-order valence-electron chi connectivity index (χ0n) is 10.4. The van der Waals surface area contributed by atoms with E-state index < -0.39 is 6.10 Å². The quantitative estimate of drug-likeness (QED) is 0.780. The van der Waals surface area contributed by atoms with Gasteiger partial charge < -0.3 is 25.1 Å². The molecule has 1 aromatic carbocycles. The van der Waals surface area contributed by atoms with E-state index in [0.717, 1.165) is 0 Å². The lowest BCUT2D eigenvalue weighted by Gasteiger charge is -2.18. The zero-order chi connectivity index (χ0) is 12.8. The molecule has 1 rings (SSSR count). The average molecular weight is 241 g/mol. The summed E-state index contributed by atoms with van der Waals surface area (Å²) in [6.45, 7) is 0.401. The minimum Gasteiger partial charge on any atom is -0.493 e. The maximum atomic E-state index is 9.96. The van der Waals surface area contributed by atoms with Crippen LogP contribution in [0.1, 0.15) is 18.1 Å². The molecule has 3 N–H and O–H groups in total. The molecule has 0 aliphatic heterocycles. The summed E-state index contributed by atoms with van der Waals surface area (Å²) in [6.07, 6.45) is -0.207. The van der Waals surface area contributed by atoms with Crippen molar-refractivity contribution in [3.8, 4) is 17.2 Å². The molecule has 96 valence electrons. The lowest BCUT2D eigenvalue weighted by atomic mass is 10.0. The smallest absolute Gasteiger partial charge is 0.203 e. The van der Waals surface area contributed by atoms with E-state index in [2.05, 4.69) is 0 Å². The largest absolute Gasteiger partial charge is 0.493 e. The number of methoxy groups -OCH3 is 3. The minimum absolute atomic E-state index is 0.401. The summed E-state index contributed by atoms with van der Waals surface area (Å²) < 4.78 is 15.7. The molecular formula is C12H19NO4. The number of hydrogen-bond acceptors (Lipinski definition) is 5. The first-order valence-electron chi connectivity index (χ1n) is 5.36. The van der Waals surface area contributed by atoms with Crippen molar-refractivity contribution in [3.05, 3.63) is 17.7 Å². The molecule has 0 saturated carbocycles. The molecular weight excluding hydrogens is 222 g/mol. The lowest BCUT2D eigenvalue weighted by molar-refractivity contribution is 0.165. The number of hydrogen-bond donors (Lipinski definition) is 2. The Morgan fingerprint density at radius 2 is 1.76 bits per heavy atom. The second kappa shape index (κ2) is 6.32. The molecule has 0 aliphatic carbocycles. The average Bonchev–Trinajstić information content (AvgIpc) is 2.36. The van der Waals surface area contributed by atoms with Gasteiger partial charge in [0.15, 0.2) is 11.5 Å². The topological polar surface area (TPSA) is 73.9 Å². The SMILES string of the molecule is COc1ccc([C@@H](O)CCN)c(OC)c1OC. The van der Waals surface area contributed by atoms with Gasteiger partial charge >= 0.3 is 0 Å². The summed E-state index contributed by atoms with van der Waals surface area (Å²) >= 11 is 0. The standard InChI is InChI=1S/C12H19NO4/c1-15-10-5-4-8(9(14)6-7-13)11(16-2)12(10)17-3/h4-5,9,14H,6-7,13H2,1-3H3/t9-/m0/s1. The molecule has 0 heterocycles. The van der Waals surface area contributed by atoms with Gasteiger partial charge in [-0.15, -0.1) is 0 Å². The Hall–Kier alpha value is -1.46. The van der Waals surface area contributed by atoms with E-state index in [1.165, 1.54) is 14.2 Å². The Morgan fingerprint density at radius 3 is 2.24 bits per heavy atom. The van der Waals surface area contributed by atoms with Crippen molar-refractivity contribution < 1.29 is 19.3 Å². The Labute approximate surface area is 101 Å². The maximum Gasteiger partial charge on any atom is 0.203 e. The Kier molecular flexibility index (Phi) is 5.06. The van der Waals surface area contributed by atoms with Crippen molar-refractivity contribution in [2.24, 2.45) is 5.73 Å². The molecule has 0 spiro atoms.